The zero-order chi connectivity index (χ0) is 14.0. The van der Waals surface area contributed by atoms with Crippen LogP contribution in [0.5, 0.6) is 0 Å². The topological polar surface area (TPSA) is 0 Å². The van der Waals surface area contributed by atoms with Gasteiger partial charge in [-0.2, -0.15) is 0 Å². The minimum atomic E-state index is 0.541. The van der Waals surface area contributed by atoms with E-state index in [2.05, 4.69) is 64.6 Å². The first-order chi connectivity index (χ1) is 9.01. The van der Waals surface area contributed by atoms with Crippen LogP contribution in [0.15, 0.2) is 48.1 Å². The van der Waals surface area contributed by atoms with Gasteiger partial charge in [0.05, 0.1) is 0 Å². The van der Waals surface area contributed by atoms with Gasteiger partial charge in [-0.3, -0.25) is 0 Å². The molecule has 0 spiro atoms. The SMILES string of the molecule is C=C(C=C1CC(c2ccc(C)cc2C)=CC1C)CC. The molecule has 0 heteroatoms. The Bertz CT molecular complexity index is 555. The van der Waals surface area contributed by atoms with Crippen LogP contribution in [0.1, 0.15) is 43.4 Å². The van der Waals surface area contributed by atoms with Crippen molar-refractivity contribution in [2.45, 2.75) is 40.5 Å². The van der Waals surface area contributed by atoms with E-state index in [9.17, 15) is 0 Å². The quantitative estimate of drug-likeness (QED) is 0.655. The maximum absolute atomic E-state index is 4.10. The molecular weight excluding hydrogens is 228 g/mol. The van der Waals surface area contributed by atoms with Crippen LogP contribution < -0.4 is 0 Å². The number of benzene rings is 1. The Morgan fingerprint density at radius 2 is 2.11 bits per heavy atom. The normalized spacial score (nSPS) is 20.7. The summed E-state index contributed by atoms with van der Waals surface area (Å²) in [6.45, 7) is 12.9. The molecule has 2 rings (SSSR count). The molecule has 1 aliphatic rings. The van der Waals surface area contributed by atoms with Gasteiger partial charge in [0.15, 0.2) is 0 Å². The van der Waals surface area contributed by atoms with Crippen LogP contribution in [0.4, 0.5) is 0 Å². The van der Waals surface area contributed by atoms with Gasteiger partial charge in [-0.05, 0) is 49.3 Å². The third kappa shape index (κ3) is 3.07. The molecule has 0 saturated carbocycles. The van der Waals surface area contributed by atoms with Crippen molar-refractivity contribution < 1.29 is 0 Å². The highest BCUT2D eigenvalue weighted by molar-refractivity contribution is 5.74. The van der Waals surface area contributed by atoms with E-state index in [-0.39, 0.29) is 0 Å². The van der Waals surface area contributed by atoms with Gasteiger partial charge in [0.1, 0.15) is 0 Å². The van der Waals surface area contributed by atoms with Crippen LogP contribution in [-0.2, 0) is 0 Å². The zero-order valence-electron chi connectivity index (χ0n) is 12.6. The lowest BCUT2D eigenvalue weighted by atomic mass is 9.97. The van der Waals surface area contributed by atoms with Gasteiger partial charge in [-0.25, -0.2) is 0 Å². The number of allylic oxidation sites excluding steroid dienone is 5. The van der Waals surface area contributed by atoms with Gasteiger partial charge in [-0.1, -0.05) is 67.5 Å². The van der Waals surface area contributed by atoms with Crippen LogP contribution in [-0.4, -0.2) is 0 Å². The lowest BCUT2D eigenvalue weighted by molar-refractivity contribution is 0.874. The maximum atomic E-state index is 4.10. The van der Waals surface area contributed by atoms with E-state index in [4.69, 9.17) is 0 Å². The van der Waals surface area contributed by atoms with Crippen LogP contribution in [0.3, 0.4) is 0 Å². The lowest BCUT2D eigenvalue weighted by Gasteiger charge is -2.08. The van der Waals surface area contributed by atoms with Crippen LogP contribution in [0, 0.1) is 19.8 Å². The van der Waals surface area contributed by atoms with E-state index in [1.165, 1.54) is 33.4 Å². The molecule has 0 N–H and O–H groups in total. The summed E-state index contributed by atoms with van der Waals surface area (Å²) in [6.07, 6.45) is 6.81. The maximum Gasteiger partial charge on any atom is -0.00390 e. The minimum Gasteiger partial charge on any atom is -0.0958 e. The lowest BCUT2D eigenvalue weighted by Crippen LogP contribution is -1.90. The number of hydrogen-bond donors (Lipinski definition) is 0. The monoisotopic (exact) mass is 252 g/mol. The predicted octanol–water partition coefficient (Wildman–Crippen LogP) is 5.62. The molecule has 0 aromatic heterocycles. The van der Waals surface area contributed by atoms with E-state index in [1.807, 2.05) is 0 Å². The van der Waals surface area contributed by atoms with Crippen LogP contribution in [0.25, 0.3) is 5.57 Å². The second-order valence-corrected chi connectivity index (χ2v) is 5.71. The summed E-state index contributed by atoms with van der Waals surface area (Å²) >= 11 is 0. The summed E-state index contributed by atoms with van der Waals surface area (Å²) in [5.41, 5.74) is 8.33. The summed E-state index contributed by atoms with van der Waals surface area (Å²) in [6, 6.07) is 6.74. The summed E-state index contributed by atoms with van der Waals surface area (Å²) in [5.74, 6) is 0.541. The van der Waals surface area contributed by atoms with Gasteiger partial charge in [0, 0.05) is 0 Å². The number of hydrogen-bond acceptors (Lipinski definition) is 0. The smallest absolute Gasteiger partial charge is 0.00390 e. The van der Waals surface area contributed by atoms with E-state index >= 15 is 0 Å². The molecule has 100 valence electrons. The molecule has 1 unspecified atom stereocenters. The molecule has 0 aliphatic heterocycles. The van der Waals surface area contributed by atoms with E-state index < -0.39 is 0 Å². The molecule has 0 fully saturated rings. The highest BCUT2D eigenvalue weighted by atomic mass is 14.2. The van der Waals surface area contributed by atoms with Gasteiger partial charge < -0.3 is 0 Å². The average molecular weight is 252 g/mol. The summed E-state index contributed by atoms with van der Waals surface area (Å²) < 4.78 is 0. The van der Waals surface area contributed by atoms with Gasteiger partial charge in [-0.15, -0.1) is 0 Å². The van der Waals surface area contributed by atoms with Crippen molar-refractivity contribution in [1.29, 1.82) is 0 Å². The molecule has 0 amide bonds. The molecular formula is C19H24. The molecule has 19 heavy (non-hydrogen) atoms. The molecule has 0 saturated heterocycles. The highest BCUT2D eigenvalue weighted by Crippen LogP contribution is 2.37. The number of rotatable bonds is 3. The van der Waals surface area contributed by atoms with E-state index in [1.54, 1.807) is 0 Å². The van der Waals surface area contributed by atoms with Crippen molar-refractivity contribution in [3.8, 4) is 0 Å². The molecule has 1 aliphatic carbocycles. The fourth-order valence-corrected chi connectivity index (χ4v) is 2.75. The Labute approximate surface area is 117 Å². The fraction of sp³-hybridized carbons (Fsp3) is 0.368. The highest BCUT2D eigenvalue weighted by Gasteiger charge is 2.19. The summed E-state index contributed by atoms with van der Waals surface area (Å²) in [5, 5.41) is 0. The van der Waals surface area contributed by atoms with Gasteiger partial charge in [0.2, 0.25) is 0 Å². The minimum absolute atomic E-state index is 0.541. The van der Waals surface area contributed by atoms with Crippen molar-refractivity contribution >= 4 is 5.57 Å². The Kier molecular flexibility index (Phi) is 4.09. The summed E-state index contributed by atoms with van der Waals surface area (Å²) in [7, 11) is 0. The molecule has 0 bridgehead atoms. The Balaban J connectivity index is 2.27. The second-order valence-electron chi connectivity index (χ2n) is 5.71. The van der Waals surface area contributed by atoms with Gasteiger partial charge >= 0.3 is 0 Å². The second kappa shape index (κ2) is 5.61. The van der Waals surface area contributed by atoms with Crippen LogP contribution >= 0.6 is 0 Å². The molecule has 0 nitrogen and oxygen atoms in total. The molecule has 1 aromatic carbocycles. The first-order valence-electron chi connectivity index (χ1n) is 7.17. The third-order valence-corrected chi connectivity index (χ3v) is 4.00. The van der Waals surface area contributed by atoms with Crippen molar-refractivity contribution in [3.63, 3.8) is 0 Å². The van der Waals surface area contributed by atoms with E-state index in [0.717, 1.165) is 12.8 Å². The van der Waals surface area contributed by atoms with Crippen molar-refractivity contribution in [3.05, 3.63) is 64.8 Å². The fourth-order valence-electron chi connectivity index (χ4n) is 2.75. The van der Waals surface area contributed by atoms with E-state index in [0.29, 0.717) is 5.92 Å². The average Bonchev–Trinajstić information content (AvgIpc) is 2.70. The molecule has 0 heterocycles. The molecule has 1 atom stereocenters. The van der Waals surface area contributed by atoms with Crippen LogP contribution in [0.2, 0.25) is 0 Å². The first-order valence-corrected chi connectivity index (χ1v) is 7.17. The first kappa shape index (κ1) is 13.9. The van der Waals surface area contributed by atoms with Crippen molar-refractivity contribution in [2.24, 2.45) is 5.92 Å². The Morgan fingerprint density at radius 1 is 1.37 bits per heavy atom. The number of aryl methyl sites for hydroxylation is 2. The van der Waals surface area contributed by atoms with Crippen molar-refractivity contribution in [1.82, 2.24) is 0 Å². The van der Waals surface area contributed by atoms with Crippen molar-refractivity contribution in [2.75, 3.05) is 0 Å². The molecule has 0 radical (unpaired) electrons. The van der Waals surface area contributed by atoms with Gasteiger partial charge in [0.25, 0.3) is 0 Å². The largest absolute Gasteiger partial charge is 0.0958 e. The zero-order valence-corrected chi connectivity index (χ0v) is 12.6. The predicted molar refractivity (Wildman–Crippen MR) is 85.2 cm³/mol. The Hall–Kier alpha value is -1.56. The standard InChI is InChI=1S/C19H24/c1-6-13(2)10-17-12-18(11-15(17)4)19-8-7-14(3)9-16(19)5/h7-11,15H,2,6,12H2,1,3-5H3. The molecule has 1 aromatic rings. The summed E-state index contributed by atoms with van der Waals surface area (Å²) in [4.78, 5) is 0. The third-order valence-electron chi connectivity index (χ3n) is 4.00. The Morgan fingerprint density at radius 3 is 2.74 bits per heavy atom.